The fraction of sp³-hybridized carbons (Fsp3) is 0.385. The van der Waals surface area contributed by atoms with Gasteiger partial charge in [0.1, 0.15) is 5.54 Å². The first kappa shape index (κ1) is 16.4. The van der Waals surface area contributed by atoms with Gasteiger partial charge in [0.25, 0.3) is 5.91 Å². The maximum Gasteiger partial charge on any atom is 0.329 e. The molecule has 0 saturated heterocycles. The molecule has 0 aliphatic rings. The van der Waals surface area contributed by atoms with Crippen LogP contribution in [0.1, 0.15) is 31.1 Å². The Hall–Kier alpha value is -1.69. The lowest BCUT2D eigenvalue weighted by Gasteiger charge is -2.34. The van der Waals surface area contributed by atoms with Crippen LogP contribution in [0.4, 0.5) is 8.78 Å². The number of hydrogen-bond donors (Lipinski definition) is 1. The number of carboxylic acid groups (broad SMARTS) is 1. The smallest absolute Gasteiger partial charge is 0.329 e. The van der Waals surface area contributed by atoms with Crippen molar-refractivity contribution >= 4 is 23.5 Å². The lowest BCUT2D eigenvalue weighted by molar-refractivity contribution is -0.147. The minimum Gasteiger partial charge on any atom is -0.480 e. The molecule has 0 heterocycles. The summed E-state index contributed by atoms with van der Waals surface area (Å²) in [6, 6.07) is 1.35. The normalized spacial score (nSPS) is 11.3. The number of nitrogens with zero attached hydrogens (tertiary/aromatic N) is 1. The van der Waals surface area contributed by atoms with Crippen molar-refractivity contribution in [1.29, 1.82) is 0 Å². The first-order valence-corrected chi connectivity index (χ1v) is 6.20. The van der Waals surface area contributed by atoms with Crippen molar-refractivity contribution in [2.75, 3.05) is 6.54 Å². The highest BCUT2D eigenvalue weighted by molar-refractivity contribution is 6.33. The minimum absolute atomic E-state index is 0.0768. The second-order valence-corrected chi connectivity index (χ2v) is 5.07. The number of halogens is 3. The van der Waals surface area contributed by atoms with Gasteiger partial charge in [-0.15, -0.1) is 0 Å². The highest BCUT2D eigenvalue weighted by Gasteiger charge is 2.38. The molecule has 20 heavy (non-hydrogen) atoms. The third-order valence-corrected chi connectivity index (χ3v) is 3.31. The zero-order valence-electron chi connectivity index (χ0n) is 11.2. The first-order chi connectivity index (χ1) is 9.12. The predicted molar refractivity (Wildman–Crippen MR) is 69.8 cm³/mol. The van der Waals surface area contributed by atoms with Gasteiger partial charge in [-0.05, 0) is 32.9 Å². The second kappa shape index (κ2) is 5.75. The number of hydrogen-bond acceptors (Lipinski definition) is 2. The van der Waals surface area contributed by atoms with E-state index in [1.165, 1.54) is 13.8 Å². The zero-order chi connectivity index (χ0) is 15.7. The molecule has 0 atom stereocenters. The predicted octanol–water partition coefficient (Wildman–Crippen LogP) is 2.94. The van der Waals surface area contributed by atoms with Crippen LogP contribution in [0, 0.1) is 11.6 Å². The van der Waals surface area contributed by atoms with Crippen LogP contribution in [0.25, 0.3) is 0 Å². The number of aliphatic carboxylic acids is 1. The zero-order valence-corrected chi connectivity index (χ0v) is 12.0. The number of rotatable bonds is 4. The molecule has 4 nitrogen and oxygen atoms in total. The summed E-state index contributed by atoms with van der Waals surface area (Å²) in [7, 11) is 0. The summed E-state index contributed by atoms with van der Waals surface area (Å²) in [6.45, 7) is 4.33. The second-order valence-electron chi connectivity index (χ2n) is 4.66. The number of carboxylic acids is 1. The summed E-state index contributed by atoms with van der Waals surface area (Å²) in [5.41, 5.74) is -1.78. The summed E-state index contributed by atoms with van der Waals surface area (Å²) < 4.78 is 26.2. The molecule has 1 aromatic carbocycles. The molecule has 110 valence electrons. The summed E-state index contributed by atoms with van der Waals surface area (Å²) in [5.74, 6) is -4.38. The number of carbonyl (C=O) groups excluding carboxylic acids is 1. The van der Waals surface area contributed by atoms with Crippen LogP contribution in [0.3, 0.4) is 0 Å². The average molecular weight is 306 g/mol. The molecule has 0 radical (unpaired) electrons. The van der Waals surface area contributed by atoms with Crippen LogP contribution in [0.5, 0.6) is 0 Å². The molecular weight excluding hydrogens is 292 g/mol. The van der Waals surface area contributed by atoms with Crippen molar-refractivity contribution in [1.82, 2.24) is 4.90 Å². The Bertz CT molecular complexity index is 561. The molecule has 0 aliphatic heterocycles. The average Bonchev–Trinajstić information content (AvgIpc) is 2.33. The molecular formula is C13H14ClF2NO3. The van der Waals surface area contributed by atoms with E-state index < -0.39 is 29.0 Å². The van der Waals surface area contributed by atoms with Crippen molar-refractivity contribution in [2.24, 2.45) is 0 Å². The van der Waals surface area contributed by atoms with Crippen molar-refractivity contribution in [2.45, 2.75) is 26.3 Å². The van der Waals surface area contributed by atoms with Gasteiger partial charge in [0.2, 0.25) is 0 Å². The molecule has 0 bridgehead atoms. The number of amides is 1. The summed E-state index contributed by atoms with van der Waals surface area (Å²) in [6.07, 6.45) is 0. The van der Waals surface area contributed by atoms with E-state index in [0.717, 1.165) is 4.90 Å². The Kier molecular flexibility index (Phi) is 4.70. The van der Waals surface area contributed by atoms with Crippen LogP contribution >= 0.6 is 11.6 Å². The third kappa shape index (κ3) is 2.90. The van der Waals surface area contributed by atoms with E-state index in [9.17, 15) is 18.4 Å². The molecule has 1 N–H and O–H groups in total. The van der Waals surface area contributed by atoms with E-state index in [4.69, 9.17) is 16.7 Å². The number of benzene rings is 1. The van der Waals surface area contributed by atoms with Gasteiger partial charge >= 0.3 is 5.97 Å². The van der Waals surface area contributed by atoms with E-state index in [0.29, 0.717) is 12.1 Å². The van der Waals surface area contributed by atoms with Crippen LogP contribution in [0.2, 0.25) is 5.02 Å². The molecule has 1 aromatic rings. The molecule has 0 unspecified atom stereocenters. The maximum atomic E-state index is 13.2. The molecule has 0 fully saturated rings. The quantitative estimate of drug-likeness (QED) is 0.870. The summed E-state index contributed by atoms with van der Waals surface area (Å²) >= 11 is 5.73. The highest BCUT2D eigenvalue weighted by Crippen LogP contribution is 2.25. The van der Waals surface area contributed by atoms with Gasteiger partial charge < -0.3 is 10.0 Å². The molecule has 0 saturated carbocycles. The van der Waals surface area contributed by atoms with Gasteiger partial charge in [-0.1, -0.05) is 11.6 Å². The highest BCUT2D eigenvalue weighted by atomic mass is 35.5. The van der Waals surface area contributed by atoms with Crippen LogP contribution in [-0.4, -0.2) is 34.0 Å². The van der Waals surface area contributed by atoms with Gasteiger partial charge in [0.15, 0.2) is 11.6 Å². The van der Waals surface area contributed by atoms with Crippen LogP contribution in [0.15, 0.2) is 12.1 Å². The van der Waals surface area contributed by atoms with Gasteiger partial charge in [0, 0.05) is 6.54 Å². The Labute approximate surface area is 119 Å². The van der Waals surface area contributed by atoms with E-state index >= 15 is 0 Å². The summed E-state index contributed by atoms with van der Waals surface area (Å²) in [4.78, 5) is 24.5. The molecule has 0 aromatic heterocycles. The number of carbonyl (C=O) groups is 2. The van der Waals surface area contributed by atoms with Crippen molar-refractivity contribution in [3.8, 4) is 0 Å². The maximum absolute atomic E-state index is 13.2. The Balaban J connectivity index is 3.29. The summed E-state index contributed by atoms with van der Waals surface area (Å²) in [5, 5.41) is 8.88. The lowest BCUT2D eigenvalue weighted by Crippen LogP contribution is -2.53. The molecule has 0 spiro atoms. The van der Waals surface area contributed by atoms with E-state index in [1.54, 1.807) is 6.92 Å². The van der Waals surface area contributed by atoms with Crippen molar-refractivity contribution < 1.29 is 23.5 Å². The topological polar surface area (TPSA) is 57.6 Å². The molecule has 1 rings (SSSR count). The SMILES string of the molecule is CCN(C(=O)c1cc(F)c(F)cc1Cl)C(C)(C)C(=O)O. The lowest BCUT2D eigenvalue weighted by atomic mass is 10.0. The van der Waals surface area contributed by atoms with Crippen LogP contribution in [-0.2, 0) is 4.79 Å². The van der Waals surface area contributed by atoms with Crippen LogP contribution < -0.4 is 0 Å². The molecule has 7 heteroatoms. The first-order valence-electron chi connectivity index (χ1n) is 5.82. The van der Waals surface area contributed by atoms with E-state index in [1.807, 2.05) is 0 Å². The van der Waals surface area contributed by atoms with Crippen molar-refractivity contribution in [3.63, 3.8) is 0 Å². The van der Waals surface area contributed by atoms with Crippen molar-refractivity contribution in [3.05, 3.63) is 34.4 Å². The van der Waals surface area contributed by atoms with Gasteiger partial charge in [-0.3, -0.25) is 4.79 Å². The molecule has 1 amide bonds. The number of likely N-dealkylation sites (N-methyl/N-ethyl adjacent to an activating group) is 1. The molecule has 0 aliphatic carbocycles. The van der Waals surface area contributed by atoms with Gasteiger partial charge in [-0.2, -0.15) is 0 Å². The van der Waals surface area contributed by atoms with E-state index in [2.05, 4.69) is 0 Å². The largest absolute Gasteiger partial charge is 0.480 e. The van der Waals surface area contributed by atoms with E-state index in [-0.39, 0.29) is 17.1 Å². The fourth-order valence-corrected chi connectivity index (χ4v) is 1.97. The third-order valence-electron chi connectivity index (χ3n) is 3.00. The monoisotopic (exact) mass is 305 g/mol. The van der Waals surface area contributed by atoms with Gasteiger partial charge in [0.05, 0.1) is 10.6 Å². The Morgan fingerprint density at radius 1 is 1.30 bits per heavy atom. The Morgan fingerprint density at radius 3 is 2.25 bits per heavy atom. The fourth-order valence-electron chi connectivity index (χ4n) is 1.74. The van der Waals surface area contributed by atoms with Gasteiger partial charge in [-0.25, -0.2) is 13.6 Å². The minimum atomic E-state index is -1.50. The Morgan fingerprint density at radius 2 is 1.80 bits per heavy atom. The standard InChI is InChI=1S/C13H14ClF2NO3/c1-4-17(13(2,3)12(19)20)11(18)7-5-9(15)10(16)6-8(7)14/h5-6H,4H2,1-3H3,(H,19,20).